The molecule has 0 bridgehead atoms. The van der Waals surface area contributed by atoms with Crippen LogP contribution in [-0.4, -0.2) is 52.5 Å². The normalized spacial score (nSPS) is 20.3. The van der Waals surface area contributed by atoms with Gasteiger partial charge in [-0.1, -0.05) is 60.3 Å². The molecule has 2 aromatic rings. The molecule has 0 aliphatic carbocycles. The maximum absolute atomic E-state index is 15.3. The van der Waals surface area contributed by atoms with Gasteiger partial charge in [0.25, 0.3) is 0 Å². The number of aliphatic imine (C=N–C) groups is 1. The average Bonchev–Trinajstić information content (AvgIpc) is 3.38. The molecular formula is C31H32FN3O5S. The van der Waals surface area contributed by atoms with E-state index in [1.54, 1.807) is 41.8 Å². The number of amidine groups is 1. The Morgan fingerprint density at radius 3 is 2.59 bits per heavy atom. The van der Waals surface area contributed by atoms with Gasteiger partial charge in [-0.05, 0) is 43.7 Å². The summed E-state index contributed by atoms with van der Waals surface area (Å²) in [4.78, 5) is 47.5. The second-order valence-corrected chi connectivity index (χ2v) is 10.9. The third-order valence-corrected chi connectivity index (χ3v) is 8.25. The first kappa shape index (κ1) is 28.6. The topological polar surface area (TPSA) is 88.5 Å². The van der Waals surface area contributed by atoms with Crippen LogP contribution in [0.4, 0.5) is 4.39 Å². The van der Waals surface area contributed by atoms with Gasteiger partial charge >= 0.3 is 11.9 Å². The summed E-state index contributed by atoms with van der Waals surface area (Å²) < 4.78 is 26.2. The molecule has 2 atom stereocenters. The van der Waals surface area contributed by atoms with E-state index in [1.165, 1.54) is 17.8 Å². The van der Waals surface area contributed by atoms with Crippen molar-refractivity contribution in [3.63, 3.8) is 0 Å². The van der Waals surface area contributed by atoms with Crippen LogP contribution >= 0.6 is 11.8 Å². The van der Waals surface area contributed by atoms with Crippen LogP contribution in [0.3, 0.4) is 0 Å². The molecule has 3 aliphatic rings. The Labute approximate surface area is 242 Å². The van der Waals surface area contributed by atoms with Crippen molar-refractivity contribution < 1.29 is 28.2 Å². The highest BCUT2D eigenvalue weighted by Gasteiger charge is 2.42. The number of fused-ring (bicyclic) bond motifs is 1. The molecular weight excluding hydrogens is 545 g/mol. The van der Waals surface area contributed by atoms with Gasteiger partial charge in [-0.15, -0.1) is 0 Å². The van der Waals surface area contributed by atoms with Crippen LogP contribution in [-0.2, 0) is 30.5 Å². The third-order valence-electron chi connectivity index (χ3n) is 7.36. The van der Waals surface area contributed by atoms with E-state index >= 15 is 4.39 Å². The number of benzene rings is 2. The van der Waals surface area contributed by atoms with Crippen molar-refractivity contribution in [3.05, 3.63) is 93.9 Å². The van der Waals surface area contributed by atoms with Crippen LogP contribution in [0.5, 0.6) is 0 Å². The number of allylic oxidation sites excluding steroid dienone is 1. The van der Waals surface area contributed by atoms with Gasteiger partial charge in [0.2, 0.25) is 5.91 Å². The van der Waals surface area contributed by atoms with Gasteiger partial charge < -0.3 is 19.3 Å². The first-order valence-corrected chi connectivity index (χ1v) is 14.6. The van der Waals surface area contributed by atoms with Gasteiger partial charge in [-0.25, -0.2) is 14.2 Å². The van der Waals surface area contributed by atoms with Gasteiger partial charge in [0, 0.05) is 24.4 Å². The highest BCUT2D eigenvalue weighted by molar-refractivity contribution is 8.16. The summed E-state index contributed by atoms with van der Waals surface area (Å²) in [6.07, 6.45) is 1.40. The second-order valence-electron chi connectivity index (χ2n) is 10.1. The molecule has 0 aromatic heterocycles. The van der Waals surface area contributed by atoms with Crippen molar-refractivity contribution in [2.24, 2.45) is 10.9 Å². The third kappa shape index (κ3) is 6.22. The SMILES string of the molecule is CCOC(=O)[C@H]1CCCN(C(=O)CC2=CSC3=NC(C)=C(C(=O)OCc4ccccc4)[C@@H](c4ccccc4F)N23)C1. The van der Waals surface area contributed by atoms with E-state index in [0.717, 1.165) is 5.56 Å². The number of ether oxygens (including phenoxy) is 2. The second kappa shape index (κ2) is 12.7. The predicted molar refractivity (Wildman–Crippen MR) is 154 cm³/mol. The van der Waals surface area contributed by atoms with E-state index in [1.807, 2.05) is 35.7 Å². The molecule has 0 N–H and O–H groups in total. The van der Waals surface area contributed by atoms with Gasteiger partial charge in [0.15, 0.2) is 5.17 Å². The molecule has 1 amide bonds. The Hall–Kier alpha value is -3.92. The lowest BCUT2D eigenvalue weighted by Gasteiger charge is -2.37. The molecule has 3 heterocycles. The van der Waals surface area contributed by atoms with E-state index in [9.17, 15) is 14.4 Å². The summed E-state index contributed by atoms with van der Waals surface area (Å²) in [5, 5.41) is 2.38. The molecule has 3 aliphatic heterocycles. The maximum atomic E-state index is 15.3. The summed E-state index contributed by atoms with van der Waals surface area (Å²) in [6, 6.07) is 14.7. The molecule has 1 fully saturated rings. The Morgan fingerprint density at radius 1 is 1.07 bits per heavy atom. The minimum Gasteiger partial charge on any atom is -0.466 e. The summed E-state index contributed by atoms with van der Waals surface area (Å²) in [6.45, 7) is 4.67. The van der Waals surface area contributed by atoms with Crippen molar-refractivity contribution in [2.45, 2.75) is 45.8 Å². The van der Waals surface area contributed by atoms with Crippen LogP contribution in [0, 0.1) is 11.7 Å². The molecule has 1 saturated heterocycles. The van der Waals surface area contributed by atoms with Gasteiger partial charge in [0.05, 0.1) is 36.3 Å². The number of esters is 2. The highest BCUT2D eigenvalue weighted by atomic mass is 32.2. The highest BCUT2D eigenvalue weighted by Crippen LogP contribution is 2.45. The first-order chi connectivity index (χ1) is 19.9. The first-order valence-electron chi connectivity index (χ1n) is 13.7. The zero-order chi connectivity index (χ0) is 28.9. The average molecular weight is 578 g/mol. The molecule has 0 spiro atoms. The summed E-state index contributed by atoms with van der Waals surface area (Å²) >= 11 is 1.33. The summed E-state index contributed by atoms with van der Waals surface area (Å²) in [7, 11) is 0. The number of hydrogen-bond donors (Lipinski definition) is 0. The van der Waals surface area contributed by atoms with Crippen LogP contribution in [0.2, 0.25) is 0 Å². The van der Waals surface area contributed by atoms with E-state index in [-0.39, 0.29) is 42.0 Å². The minimum absolute atomic E-state index is 0.0118. The lowest BCUT2D eigenvalue weighted by Crippen LogP contribution is -2.44. The fourth-order valence-corrected chi connectivity index (χ4v) is 6.31. The zero-order valence-electron chi connectivity index (χ0n) is 23.0. The summed E-state index contributed by atoms with van der Waals surface area (Å²) in [5.74, 6) is -1.87. The standard InChI is InChI=1S/C31H32FN3O5S/c1-3-39-29(37)22-12-9-15-34(17-22)26(36)16-23-19-41-31-33-20(2)27(30(38)40-18-21-10-5-4-6-11-21)28(35(23)31)24-13-7-8-14-25(24)32/h4-8,10-11,13-14,19,22,28H,3,9,12,15-18H2,1-2H3/t22-,28+/m0/s1. The van der Waals surface area contributed by atoms with Crippen LogP contribution in [0.15, 0.2) is 82.0 Å². The van der Waals surface area contributed by atoms with Crippen molar-refractivity contribution in [2.75, 3.05) is 19.7 Å². The monoisotopic (exact) mass is 577 g/mol. The molecule has 41 heavy (non-hydrogen) atoms. The summed E-state index contributed by atoms with van der Waals surface area (Å²) in [5.41, 5.74) is 2.37. The number of carbonyl (C=O) groups is 3. The fraction of sp³-hybridized carbons (Fsp3) is 0.355. The molecule has 0 radical (unpaired) electrons. The molecule has 8 nitrogen and oxygen atoms in total. The number of rotatable bonds is 8. The number of nitrogens with zero attached hydrogens (tertiary/aromatic N) is 3. The van der Waals surface area contributed by atoms with Crippen molar-refractivity contribution >= 4 is 34.8 Å². The molecule has 10 heteroatoms. The molecule has 214 valence electrons. The van der Waals surface area contributed by atoms with Crippen LogP contribution < -0.4 is 0 Å². The quantitative estimate of drug-likeness (QED) is 0.392. The minimum atomic E-state index is -0.866. The Bertz CT molecular complexity index is 1420. The number of hydrogen-bond acceptors (Lipinski definition) is 8. The molecule has 5 rings (SSSR count). The molecule has 0 saturated carbocycles. The zero-order valence-corrected chi connectivity index (χ0v) is 23.9. The van der Waals surface area contributed by atoms with Crippen LogP contribution in [0.1, 0.15) is 50.3 Å². The number of thioether (sulfide) groups is 1. The van der Waals surface area contributed by atoms with E-state index in [0.29, 0.717) is 49.1 Å². The maximum Gasteiger partial charge on any atom is 0.338 e. The van der Waals surface area contributed by atoms with E-state index < -0.39 is 17.8 Å². The largest absolute Gasteiger partial charge is 0.466 e. The lowest BCUT2D eigenvalue weighted by atomic mass is 9.93. The Balaban J connectivity index is 1.40. The predicted octanol–water partition coefficient (Wildman–Crippen LogP) is 5.34. The fourth-order valence-electron chi connectivity index (χ4n) is 5.35. The van der Waals surface area contributed by atoms with Crippen molar-refractivity contribution in [1.82, 2.24) is 9.80 Å². The Kier molecular flexibility index (Phi) is 8.87. The number of halogens is 1. The number of likely N-dealkylation sites (tertiary alicyclic amines) is 1. The van der Waals surface area contributed by atoms with Gasteiger partial charge in [-0.3, -0.25) is 9.59 Å². The number of amides is 1. The lowest BCUT2D eigenvalue weighted by molar-refractivity contribution is -0.151. The van der Waals surface area contributed by atoms with Gasteiger partial charge in [-0.2, -0.15) is 0 Å². The number of piperidine rings is 1. The van der Waals surface area contributed by atoms with E-state index in [4.69, 9.17) is 9.47 Å². The molecule has 0 unspecified atom stereocenters. The van der Waals surface area contributed by atoms with Gasteiger partial charge in [0.1, 0.15) is 12.4 Å². The van der Waals surface area contributed by atoms with Crippen LogP contribution in [0.25, 0.3) is 0 Å². The van der Waals surface area contributed by atoms with Crippen molar-refractivity contribution in [3.8, 4) is 0 Å². The Morgan fingerprint density at radius 2 is 1.83 bits per heavy atom. The smallest absolute Gasteiger partial charge is 0.338 e. The van der Waals surface area contributed by atoms with Crippen molar-refractivity contribution in [1.29, 1.82) is 0 Å². The van der Waals surface area contributed by atoms with E-state index in [2.05, 4.69) is 4.99 Å². The number of carbonyl (C=O) groups excluding carboxylic acids is 3. The molecule has 2 aromatic carbocycles.